The number of carbonyl (C=O) groups is 2. The summed E-state index contributed by atoms with van der Waals surface area (Å²) in [5.41, 5.74) is 5.22. The molecule has 0 aromatic carbocycles. The van der Waals surface area contributed by atoms with Crippen LogP contribution in [0.25, 0.3) is 0 Å². The summed E-state index contributed by atoms with van der Waals surface area (Å²) in [7, 11) is 0. The largest absolute Gasteiger partial charge is 0.368 e. The Morgan fingerprint density at radius 2 is 1.88 bits per heavy atom. The molecule has 0 saturated heterocycles. The molecular formula is C12H22N2O2S. The molecule has 2 N–H and O–H groups in total. The smallest absolute Gasteiger partial charge is 0.237 e. The summed E-state index contributed by atoms with van der Waals surface area (Å²) >= 11 is 4.33. The van der Waals surface area contributed by atoms with Crippen LogP contribution in [0.2, 0.25) is 0 Å². The Bertz CT molecular complexity index is 288. The Morgan fingerprint density at radius 3 is 2.29 bits per heavy atom. The van der Waals surface area contributed by atoms with Gasteiger partial charge in [-0.2, -0.15) is 12.6 Å². The minimum atomic E-state index is -0.450. The molecular weight excluding hydrogens is 236 g/mol. The van der Waals surface area contributed by atoms with E-state index in [4.69, 9.17) is 5.73 Å². The van der Waals surface area contributed by atoms with Crippen LogP contribution in [0.3, 0.4) is 0 Å². The predicted octanol–water partition coefficient (Wildman–Crippen LogP) is 1.20. The molecule has 0 bridgehead atoms. The highest BCUT2D eigenvalue weighted by Gasteiger charge is 2.31. The summed E-state index contributed by atoms with van der Waals surface area (Å²) in [4.78, 5) is 24.9. The molecule has 4 nitrogen and oxygen atoms in total. The molecule has 0 aromatic heterocycles. The van der Waals surface area contributed by atoms with Crippen molar-refractivity contribution in [3.63, 3.8) is 0 Å². The first-order valence-corrected chi connectivity index (χ1v) is 6.72. The number of carbonyl (C=O) groups excluding carboxylic acids is 2. The summed E-state index contributed by atoms with van der Waals surface area (Å²) in [6, 6.07) is 0.170. The van der Waals surface area contributed by atoms with Gasteiger partial charge in [-0.15, -0.1) is 0 Å². The van der Waals surface area contributed by atoms with E-state index in [2.05, 4.69) is 12.6 Å². The molecule has 98 valence electrons. The van der Waals surface area contributed by atoms with Gasteiger partial charge >= 0.3 is 0 Å². The summed E-state index contributed by atoms with van der Waals surface area (Å²) in [6.07, 6.45) is 4.17. The first-order valence-electron chi connectivity index (χ1n) is 6.20. The van der Waals surface area contributed by atoms with Crippen LogP contribution < -0.4 is 5.73 Å². The number of hydrogen-bond acceptors (Lipinski definition) is 3. The Balaban J connectivity index is 2.74. The maximum atomic E-state index is 12.2. The van der Waals surface area contributed by atoms with Crippen molar-refractivity contribution in [3.8, 4) is 0 Å². The molecule has 5 heteroatoms. The van der Waals surface area contributed by atoms with E-state index in [9.17, 15) is 9.59 Å². The van der Waals surface area contributed by atoms with Crippen LogP contribution in [0.15, 0.2) is 0 Å². The van der Waals surface area contributed by atoms with Crippen LogP contribution in [-0.2, 0) is 9.59 Å². The average molecular weight is 258 g/mol. The molecule has 0 aromatic rings. The molecule has 1 fully saturated rings. The van der Waals surface area contributed by atoms with E-state index in [0.717, 1.165) is 25.7 Å². The van der Waals surface area contributed by atoms with Gasteiger partial charge in [-0.3, -0.25) is 9.59 Å². The molecule has 1 aliphatic rings. The lowest BCUT2D eigenvalue weighted by atomic mass is 10.1. The fourth-order valence-corrected chi connectivity index (χ4v) is 2.37. The molecule has 0 spiro atoms. The van der Waals surface area contributed by atoms with Gasteiger partial charge in [0.2, 0.25) is 11.8 Å². The third kappa shape index (κ3) is 3.91. The Labute approximate surface area is 108 Å². The molecule has 1 rings (SSSR count). The zero-order valence-corrected chi connectivity index (χ0v) is 11.5. The van der Waals surface area contributed by atoms with Gasteiger partial charge in [-0.25, -0.2) is 0 Å². The lowest BCUT2D eigenvalue weighted by molar-refractivity contribution is -0.137. The van der Waals surface area contributed by atoms with E-state index < -0.39 is 5.91 Å². The first kappa shape index (κ1) is 14.4. The van der Waals surface area contributed by atoms with Gasteiger partial charge in [-0.05, 0) is 18.8 Å². The summed E-state index contributed by atoms with van der Waals surface area (Å²) in [5.74, 6) is -0.355. The first-order chi connectivity index (χ1) is 7.93. The second-order valence-electron chi connectivity index (χ2n) is 5.06. The lowest BCUT2D eigenvalue weighted by Gasteiger charge is -2.31. The van der Waals surface area contributed by atoms with Gasteiger partial charge in [0.1, 0.15) is 0 Å². The van der Waals surface area contributed by atoms with E-state index in [1.54, 1.807) is 4.90 Å². The van der Waals surface area contributed by atoms with E-state index in [0.29, 0.717) is 0 Å². The van der Waals surface area contributed by atoms with Crippen molar-refractivity contribution in [1.29, 1.82) is 0 Å². The third-order valence-electron chi connectivity index (χ3n) is 3.26. The van der Waals surface area contributed by atoms with Crippen LogP contribution in [0.4, 0.5) is 0 Å². The van der Waals surface area contributed by atoms with Gasteiger partial charge in [0, 0.05) is 6.04 Å². The van der Waals surface area contributed by atoms with E-state index >= 15 is 0 Å². The van der Waals surface area contributed by atoms with Crippen LogP contribution in [0.5, 0.6) is 0 Å². The fraction of sp³-hybridized carbons (Fsp3) is 0.833. The fourth-order valence-electron chi connectivity index (χ4n) is 2.23. The standard InChI is InChI=1S/C12H22N2O2S/c1-8(2)11(17)12(16)14(7-10(13)15)9-5-3-4-6-9/h8-9,11,17H,3-7H2,1-2H3,(H2,13,15). The van der Waals surface area contributed by atoms with Crippen molar-refractivity contribution in [2.75, 3.05) is 6.54 Å². The monoisotopic (exact) mass is 258 g/mol. The van der Waals surface area contributed by atoms with Crippen molar-refractivity contribution in [2.24, 2.45) is 11.7 Å². The van der Waals surface area contributed by atoms with Crippen LogP contribution >= 0.6 is 12.6 Å². The highest BCUT2D eigenvalue weighted by molar-refractivity contribution is 7.81. The normalized spacial score (nSPS) is 18.4. The molecule has 0 radical (unpaired) electrons. The SMILES string of the molecule is CC(C)C(S)C(=O)N(CC(N)=O)C1CCCC1. The maximum absolute atomic E-state index is 12.2. The topological polar surface area (TPSA) is 63.4 Å². The second-order valence-corrected chi connectivity index (χ2v) is 5.62. The molecule has 2 amide bonds. The van der Waals surface area contributed by atoms with Crippen LogP contribution in [0.1, 0.15) is 39.5 Å². The summed E-state index contributed by atoms with van der Waals surface area (Å²) < 4.78 is 0. The zero-order valence-electron chi connectivity index (χ0n) is 10.6. The number of thiol groups is 1. The summed E-state index contributed by atoms with van der Waals surface area (Å²) in [6.45, 7) is 3.92. The summed E-state index contributed by atoms with van der Waals surface area (Å²) in [5, 5.41) is -0.352. The van der Waals surface area contributed by atoms with E-state index in [-0.39, 0.29) is 29.7 Å². The van der Waals surface area contributed by atoms with Crippen molar-refractivity contribution in [2.45, 2.75) is 50.8 Å². The molecule has 1 unspecified atom stereocenters. The Hall–Kier alpha value is -0.710. The lowest BCUT2D eigenvalue weighted by Crippen LogP contribution is -2.48. The van der Waals surface area contributed by atoms with E-state index in [1.807, 2.05) is 13.8 Å². The molecule has 17 heavy (non-hydrogen) atoms. The van der Waals surface area contributed by atoms with Crippen LogP contribution in [0, 0.1) is 5.92 Å². The van der Waals surface area contributed by atoms with Gasteiger partial charge in [0.05, 0.1) is 11.8 Å². The third-order valence-corrected chi connectivity index (χ3v) is 4.08. The zero-order chi connectivity index (χ0) is 13.0. The van der Waals surface area contributed by atoms with Gasteiger partial charge < -0.3 is 10.6 Å². The van der Waals surface area contributed by atoms with Crippen molar-refractivity contribution < 1.29 is 9.59 Å². The second kappa shape index (κ2) is 6.28. The Morgan fingerprint density at radius 1 is 1.35 bits per heavy atom. The van der Waals surface area contributed by atoms with E-state index in [1.165, 1.54) is 0 Å². The number of nitrogens with two attached hydrogens (primary N) is 1. The highest BCUT2D eigenvalue weighted by atomic mass is 32.1. The molecule has 1 saturated carbocycles. The highest BCUT2D eigenvalue weighted by Crippen LogP contribution is 2.25. The minimum Gasteiger partial charge on any atom is -0.368 e. The van der Waals surface area contributed by atoms with Gasteiger partial charge in [-0.1, -0.05) is 26.7 Å². The molecule has 1 aliphatic carbocycles. The molecule has 0 heterocycles. The van der Waals surface area contributed by atoms with Crippen molar-refractivity contribution in [1.82, 2.24) is 4.90 Å². The molecule has 0 aliphatic heterocycles. The average Bonchev–Trinajstić information content (AvgIpc) is 2.76. The minimum absolute atomic E-state index is 0.0211. The number of rotatable bonds is 5. The van der Waals surface area contributed by atoms with Gasteiger partial charge in [0.15, 0.2) is 0 Å². The quantitative estimate of drug-likeness (QED) is 0.728. The number of amides is 2. The predicted molar refractivity (Wildman–Crippen MR) is 70.8 cm³/mol. The molecule has 1 atom stereocenters. The number of nitrogens with zero attached hydrogens (tertiary/aromatic N) is 1. The van der Waals surface area contributed by atoms with Crippen LogP contribution in [-0.4, -0.2) is 34.6 Å². The maximum Gasteiger partial charge on any atom is 0.237 e. The van der Waals surface area contributed by atoms with Crippen molar-refractivity contribution >= 4 is 24.4 Å². The Kier molecular flexibility index (Phi) is 5.31. The van der Waals surface area contributed by atoms with Crippen molar-refractivity contribution in [3.05, 3.63) is 0 Å². The number of hydrogen-bond donors (Lipinski definition) is 2. The number of primary amides is 1. The van der Waals surface area contributed by atoms with Gasteiger partial charge in [0.25, 0.3) is 0 Å².